The number of nitrogens with zero attached hydrogens (tertiary/aromatic N) is 4. The van der Waals surface area contributed by atoms with E-state index in [-0.39, 0.29) is 12.1 Å². The van der Waals surface area contributed by atoms with Crippen molar-refractivity contribution in [2.45, 2.75) is 31.4 Å². The summed E-state index contributed by atoms with van der Waals surface area (Å²) in [5, 5.41) is 7.98. The first kappa shape index (κ1) is 11.8. The van der Waals surface area contributed by atoms with Crippen LogP contribution in [0, 0.1) is 0 Å². The summed E-state index contributed by atoms with van der Waals surface area (Å²) in [5.41, 5.74) is 1.04. The summed E-state index contributed by atoms with van der Waals surface area (Å²) in [7, 11) is 0. The van der Waals surface area contributed by atoms with Crippen LogP contribution in [0.2, 0.25) is 0 Å². The lowest BCUT2D eigenvalue weighted by Gasteiger charge is -2.23. The summed E-state index contributed by atoms with van der Waals surface area (Å²) >= 11 is 0. The molecule has 2 aliphatic rings. The van der Waals surface area contributed by atoms with Crippen LogP contribution in [0.5, 0.6) is 0 Å². The molecule has 104 valence electrons. The second-order valence-corrected chi connectivity index (χ2v) is 5.23. The highest BCUT2D eigenvalue weighted by Gasteiger charge is 2.29. The van der Waals surface area contributed by atoms with Crippen molar-refractivity contribution in [2.24, 2.45) is 0 Å². The average molecular weight is 271 g/mol. The molecule has 0 aliphatic carbocycles. The molecule has 2 aromatic rings. The minimum absolute atomic E-state index is 0.0549. The molecule has 0 amide bonds. The number of aromatic nitrogens is 4. The molecule has 2 aromatic heterocycles. The Morgan fingerprint density at radius 1 is 1.30 bits per heavy atom. The molecule has 2 aliphatic heterocycles. The predicted molar refractivity (Wildman–Crippen MR) is 73.4 cm³/mol. The highest BCUT2D eigenvalue weighted by Crippen LogP contribution is 2.31. The summed E-state index contributed by atoms with van der Waals surface area (Å²) in [4.78, 5) is 9.06. The summed E-state index contributed by atoms with van der Waals surface area (Å²) in [6.07, 6.45) is 4.95. The summed E-state index contributed by atoms with van der Waals surface area (Å²) in [6.45, 7) is 1.70. The van der Waals surface area contributed by atoms with E-state index in [1.54, 1.807) is 0 Å². The van der Waals surface area contributed by atoms with Crippen molar-refractivity contribution in [2.75, 3.05) is 18.5 Å². The fraction of sp³-hybridized carbons (Fsp3) is 0.500. The third-order valence-corrected chi connectivity index (χ3v) is 3.89. The molecule has 1 saturated heterocycles. The molecule has 6 heteroatoms. The van der Waals surface area contributed by atoms with E-state index in [0.717, 1.165) is 49.9 Å². The van der Waals surface area contributed by atoms with E-state index in [4.69, 9.17) is 4.74 Å². The van der Waals surface area contributed by atoms with Gasteiger partial charge in [-0.05, 0) is 31.4 Å². The molecule has 0 aromatic carbocycles. The lowest BCUT2D eigenvalue weighted by Crippen LogP contribution is -2.25. The van der Waals surface area contributed by atoms with Crippen LogP contribution in [0.1, 0.15) is 42.9 Å². The Labute approximate surface area is 117 Å². The molecule has 20 heavy (non-hydrogen) atoms. The molecule has 0 bridgehead atoms. The van der Waals surface area contributed by atoms with Crippen molar-refractivity contribution < 1.29 is 4.74 Å². The van der Waals surface area contributed by atoms with Gasteiger partial charge in [-0.3, -0.25) is 4.98 Å². The van der Waals surface area contributed by atoms with Crippen LogP contribution in [-0.4, -0.2) is 32.9 Å². The number of hydrogen-bond acceptors (Lipinski definition) is 5. The topological polar surface area (TPSA) is 64.9 Å². The van der Waals surface area contributed by atoms with Crippen LogP contribution in [0.25, 0.3) is 0 Å². The Balaban J connectivity index is 1.70. The highest BCUT2D eigenvalue weighted by molar-refractivity contribution is 5.31. The maximum Gasteiger partial charge on any atom is 0.222 e. The number of nitrogens with one attached hydrogen (secondary N) is 1. The summed E-state index contributed by atoms with van der Waals surface area (Å²) < 4.78 is 7.64. The molecular weight excluding hydrogens is 254 g/mol. The first-order valence-corrected chi connectivity index (χ1v) is 7.14. The van der Waals surface area contributed by atoms with Gasteiger partial charge in [0.2, 0.25) is 5.95 Å². The van der Waals surface area contributed by atoms with Crippen molar-refractivity contribution in [1.82, 2.24) is 19.7 Å². The number of ether oxygens (including phenoxy) is 1. The molecule has 1 fully saturated rings. The van der Waals surface area contributed by atoms with E-state index < -0.39 is 0 Å². The third-order valence-electron chi connectivity index (χ3n) is 3.89. The predicted octanol–water partition coefficient (Wildman–Crippen LogP) is 1.93. The van der Waals surface area contributed by atoms with E-state index >= 15 is 0 Å². The molecular formula is C14H17N5O. The van der Waals surface area contributed by atoms with Gasteiger partial charge < -0.3 is 10.1 Å². The SMILES string of the molecule is c1ccc(C2CCNc3nc(C4CCCO4)nn32)nc1. The third kappa shape index (κ3) is 1.96. The molecule has 0 radical (unpaired) electrons. The lowest BCUT2D eigenvalue weighted by molar-refractivity contribution is 0.105. The van der Waals surface area contributed by atoms with Crippen molar-refractivity contribution in [1.29, 1.82) is 0 Å². The van der Waals surface area contributed by atoms with Crippen LogP contribution < -0.4 is 5.32 Å². The lowest BCUT2D eigenvalue weighted by atomic mass is 10.1. The molecule has 2 unspecified atom stereocenters. The Morgan fingerprint density at radius 2 is 2.30 bits per heavy atom. The fourth-order valence-corrected chi connectivity index (χ4v) is 2.88. The molecule has 2 atom stereocenters. The maximum atomic E-state index is 5.68. The van der Waals surface area contributed by atoms with E-state index in [2.05, 4.69) is 20.4 Å². The number of anilines is 1. The normalized spacial score (nSPS) is 25.2. The Bertz CT molecular complexity index is 591. The van der Waals surface area contributed by atoms with Gasteiger partial charge in [0, 0.05) is 19.3 Å². The Kier molecular flexibility index (Phi) is 2.88. The van der Waals surface area contributed by atoms with Gasteiger partial charge >= 0.3 is 0 Å². The maximum absolute atomic E-state index is 5.68. The molecule has 4 rings (SSSR count). The van der Waals surface area contributed by atoms with Crippen LogP contribution in [-0.2, 0) is 4.74 Å². The van der Waals surface area contributed by atoms with Crippen molar-refractivity contribution in [3.05, 3.63) is 35.9 Å². The highest BCUT2D eigenvalue weighted by atomic mass is 16.5. The summed E-state index contributed by atoms with van der Waals surface area (Å²) in [6, 6.07) is 6.16. The average Bonchev–Trinajstić information content (AvgIpc) is 3.16. The Hall–Kier alpha value is -1.95. The monoisotopic (exact) mass is 271 g/mol. The van der Waals surface area contributed by atoms with E-state index in [1.807, 2.05) is 29.1 Å². The van der Waals surface area contributed by atoms with Gasteiger partial charge in [-0.15, -0.1) is 0 Å². The van der Waals surface area contributed by atoms with Gasteiger partial charge in [0.25, 0.3) is 0 Å². The van der Waals surface area contributed by atoms with Gasteiger partial charge in [0.15, 0.2) is 5.82 Å². The van der Waals surface area contributed by atoms with Crippen molar-refractivity contribution >= 4 is 5.95 Å². The minimum Gasteiger partial charge on any atom is -0.370 e. The molecule has 1 N–H and O–H groups in total. The summed E-state index contributed by atoms with van der Waals surface area (Å²) in [5.74, 6) is 1.63. The zero-order valence-electron chi connectivity index (χ0n) is 11.2. The molecule has 0 spiro atoms. The largest absolute Gasteiger partial charge is 0.370 e. The number of hydrogen-bond donors (Lipinski definition) is 1. The van der Waals surface area contributed by atoms with Crippen LogP contribution in [0.15, 0.2) is 24.4 Å². The number of pyridine rings is 1. The standard InChI is InChI=1S/C14H17N5O/c1-2-7-15-10(4-1)11-6-8-16-14-17-13(18-19(11)14)12-5-3-9-20-12/h1-2,4,7,11-12H,3,5-6,8-9H2,(H,16,17,18). The second kappa shape index (κ2) is 4.86. The first-order chi connectivity index (χ1) is 9.92. The quantitative estimate of drug-likeness (QED) is 0.904. The Morgan fingerprint density at radius 3 is 3.10 bits per heavy atom. The minimum atomic E-state index is 0.0549. The molecule has 4 heterocycles. The second-order valence-electron chi connectivity index (χ2n) is 5.23. The van der Waals surface area contributed by atoms with E-state index in [1.165, 1.54) is 0 Å². The van der Waals surface area contributed by atoms with E-state index in [0.29, 0.717) is 0 Å². The van der Waals surface area contributed by atoms with Gasteiger partial charge in [0.1, 0.15) is 6.10 Å². The van der Waals surface area contributed by atoms with Gasteiger partial charge in [0.05, 0.1) is 11.7 Å². The van der Waals surface area contributed by atoms with E-state index in [9.17, 15) is 0 Å². The zero-order valence-corrected chi connectivity index (χ0v) is 11.2. The van der Waals surface area contributed by atoms with Gasteiger partial charge in [-0.1, -0.05) is 6.07 Å². The van der Waals surface area contributed by atoms with Crippen LogP contribution in [0.4, 0.5) is 5.95 Å². The molecule has 6 nitrogen and oxygen atoms in total. The molecule has 0 saturated carbocycles. The van der Waals surface area contributed by atoms with Crippen molar-refractivity contribution in [3.63, 3.8) is 0 Å². The number of fused-ring (bicyclic) bond motifs is 1. The fourth-order valence-electron chi connectivity index (χ4n) is 2.88. The van der Waals surface area contributed by atoms with Gasteiger partial charge in [-0.2, -0.15) is 10.1 Å². The number of rotatable bonds is 2. The van der Waals surface area contributed by atoms with Crippen LogP contribution >= 0.6 is 0 Å². The zero-order chi connectivity index (χ0) is 13.4. The van der Waals surface area contributed by atoms with Crippen LogP contribution in [0.3, 0.4) is 0 Å². The van der Waals surface area contributed by atoms with Gasteiger partial charge in [-0.25, -0.2) is 4.68 Å². The smallest absolute Gasteiger partial charge is 0.222 e. The van der Waals surface area contributed by atoms with Crippen molar-refractivity contribution in [3.8, 4) is 0 Å². The first-order valence-electron chi connectivity index (χ1n) is 7.14.